The van der Waals surface area contributed by atoms with Gasteiger partial charge in [-0.05, 0) is 29.7 Å². The lowest BCUT2D eigenvalue weighted by molar-refractivity contribution is 0.201. The molecule has 0 aliphatic rings. The van der Waals surface area contributed by atoms with E-state index in [0.717, 1.165) is 16.7 Å². The van der Waals surface area contributed by atoms with Gasteiger partial charge in [-0.2, -0.15) is 0 Å². The topological polar surface area (TPSA) is 53.4 Å². The molecular formula is C16H16N2O2. The lowest BCUT2D eigenvalue weighted by Gasteiger charge is -2.19. The van der Waals surface area contributed by atoms with Crippen LogP contribution in [0.15, 0.2) is 55.4 Å². The molecule has 0 aliphatic heterocycles. The number of benzene rings is 1. The Labute approximate surface area is 118 Å². The molecule has 0 fully saturated rings. The van der Waals surface area contributed by atoms with E-state index in [2.05, 4.69) is 11.6 Å². The normalized spacial score (nSPS) is 10.1. The fourth-order valence-electron chi connectivity index (χ4n) is 1.84. The Bertz CT molecular complexity index is 623. The molecule has 4 heteroatoms. The zero-order chi connectivity index (χ0) is 14.5. The molecule has 4 nitrogen and oxygen atoms in total. The standard InChI is InChI=1S/C16H16N2O2/c1-12(2)14-8-15(10-17-9-14)18(16(19)20)11-13-6-4-3-5-7-13/h3-10H,1,11H2,2H3,(H,19,20). The molecule has 1 N–H and O–H groups in total. The van der Waals surface area contributed by atoms with Gasteiger partial charge in [-0.25, -0.2) is 4.79 Å². The Morgan fingerprint density at radius 2 is 2.00 bits per heavy atom. The smallest absolute Gasteiger partial charge is 0.412 e. The summed E-state index contributed by atoms with van der Waals surface area (Å²) in [6, 6.07) is 11.2. The van der Waals surface area contributed by atoms with Gasteiger partial charge >= 0.3 is 6.09 Å². The molecule has 0 unspecified atom stereocenters. The highest BCUT2D eigenvalue weighted by atomic mass is 16.4. The van der Waals surface area contributed by atoms with E-state index >= 15 is 0 Å². The van der Waals surface area contributed by atoms with Gasteiger partial charge in [0.05, 0.1) is 18.4 Å². The van der Waals surface area contributed by atoms with Gasteiger partial charge < -0.3 is 5.11 Å². The van der Waals surface area contributed by atoms with Gasteiger partial charge in [-0.3, -0.25) is 9.88 Å². The van der Waals surface area contributed by atoms with Crippen LogP contribution in [-0.4, -0.2) is 16.2 Å². The number of carbonyl (C=O) groups is 1. The second-order valence-electron chi connectivity index (χ2n) is 4.57. The number of hydrogen-bond donors (Lipinski definition) is 1. The number of hydrogen-bond acceptors (Lipinski definition) is 2. The number of allylic oxidation sites excluding steroid dienone is 1. The van der Waals surface area contributed by atoms with Crippen LogP contribution < -0.4 is 4.90 Å². The molecule has 2 rings (SSSR count). The number of carboxylic acid groups (broad SMARTS) is 1. The summed E-state index contributed by atoms with van der Waals surface area (Å²) in [5.41, 5.74) is 3.16. The van der Waals surface area contributed by atoms with Crippen molar-refractivity contribution in [3.63, 3.8) is 0 Å². The summed E-state index contributed by atoms with van der Waals surface area (Å²) in [5.74, 6) is 0. The molecule has 1 amide bonds. The number of rotatable bonds is 4. The van der Waals surface area contributed by atoms with Crippen molar-refractivity contribution >= 4 is 17.4 Å². The first-order valence-electron chi connectivity index (χ1n) is 6.23. The highest BCUT2D eigenvalue weighted by Gasteiger charge is 2.15. The van der Waals surface area contributed by atoms with Gasteiger partial charge in [0, 0.05) is 6.20 Å². The molecule has 0 radical (unpaired) electrons. The molecule has 1 heterocycles. The average molecular weight is 268 g/mol. The van der Waals surface area contributed by atoms with Crippen molar-refractivity contribution in [1.82, 2.24) is 4.98 Å². The Hall–Kier alpha value is -2.62. The van der Waals surface area contributed by atoms with E-state index in [-0.39, 0.29) is 6.54 Å². The number of aromatic nitrogens is 1. The summed E-state index contributed by atoms with van der Waals surface area (Å²) < 4.78 is 0. The molecule has 20 heavy (non-hydrogen) atoms. The van der Waals surface area contributed by atoms with Gasteiger partial charge in [0.2, 0.25) is 0 Å². The van der Waals surface area contributed by atoms with Crippen LogP contribution in [0.4, 0.5) is 10.5 Å². The summed E-state index contributed by atoms with van der Waals surface area (Å²) in [5, 5.41) is 9.39. The van der Waals surface area contributed by atoms with Crippen LogP contribution >= 0.6 is 0 Å². The third-order valence-corrected chi connectivity index (χ3v) is 2.94. The molecule has 1 aromatic carbocycles. The lowest BCUT2D eigenvalue weighted by Crippen LogP contribution is -2.28. The number of anilines is 1. The van der Waals surface area contributed by atoms with E-state index in [0.29, 0.717) is 5.69 Å². The lowest BCUT2D eigenvalue weighted by atomic mass is 10.1. The Morgan fingerprint density at radius 1 is 1.30 bits per heavy atom. The van der Waals surface area contributed by atoms with Crippen LogP contribution in [0.3, 0.4) is 0 Å². The molecule has 0 spiro atoms. The molecule has 0 saturated heterocycles. The SMILES string of the molecule is C=C(C)c1cncc(N(Cc2ccccc2)C(=O)O)c1. The monoisotopic (exact) mass is 268 g/mol. The Morgan fingerprint density at radius 3 is 2.60 bits per heavy atom. The van der Waals surface area contributed by atoms with Crippen LogP contribution in [0.25, 0.3) is 5.57 Å². The summed E-state index contributed by atoms with van der Waals surface area (Å²) in [6.07, 6.45) is 2.22. The molecule has 1 aromatic heterocycles. The van der Waals surface area contributed by atoms with Crippen LogP contribution in [0.1, 0.15) is 18.1 Å². The van der Waals surface area contributed by atoms with E-state index in [1.807, 2.05) is 37.3 Å². The molecule has 2 aromatic rings. The number of pyridine rings is 1. The second-order valence-corrected chi connectivity index (χ2v) is 4.57. The Balaban J connectivity index is 2.31. The maximum atomic E-state index is 11.5. The predicted molar refractivity (Wildman–Crippen MR) is 79.6 cm³/mol. The quantitative estimate of drug-likeness (QED) is 0.917. The van der Waals surface area contributed by atoms with Gasteiger partial charge in [-0.15, -0.1) is 0 Å². The summed E-state index contributed by atoms with van der Waals surface area (Å²) in [4.78, 5) is 16.8. The molecule has 102 valence electrons. The first-order valence-corrected chi connectivity index (χ1v) is 6.23. The fourth-order valence-corrected chi connectivity index (χ4v) is 1.84. The van der Waals surface area contributed by atoms with Crippen LogP contribution in [0.2, 0.25) is 0 Å². The van der Waals surface area contributed by atoms with E-state index in [1.54, 1.807) is 18.5 Å². The van der Waals surface area contributed by atoms with Crippen molar-refractivity contribution < 1.29 is 9.90 Å². The van der Waals surface area contributed by atoms with E-state index < -0.39 is 6.09 Å². The summed E-state index contributed by atoms with van der Waals surface area (Å²) in [7, 11) is 0. The maximum Gasteiger partial charge on any atom is 0.412 e. The predicted octanol–water partition coefficient (Wildman–Crippen LogP) is 3.80. The highest BCUT2D eigenvalue weighted by Crippen LogP contribution is 2.21. The fraction of sp³-hybridized carbons (Fsp3) is 0.125. The van der Waals surface area contributed by atoms with Gasteiger partial charge in [-0.1, -0.05) is 36.9 Å². The third kappa shape index (κ3) is 3.23. The molecule has 0 bridgehead atoms. The van der Waals surface area contributed by atoms with Crippen molar-refractivity contribution in [2.75, 3.05) is 4.90 Å². The van der Waals surface area contributed by atoms with Crippen LogP contribution in [-0.2, 0) is 6.54 Å². The minimum atomic E-state index is -1.01. The van der Waals surface area contributed by atoms with Gasteiger partial charge in [0.25, 0.3) is 0 Å². The molecule has 0 aliphatic carbocycles. The number of nitrogens with zero attached hydrogens (tertiary/aromatic N) is 2. The zero-order valence-electron chi connectivity index (χ0n) is 11.3. The van der Waals surface area contributed by atoms with Gasteiger partial charge in [0.1, 0.15) is 0 Å². The van der Waals surface area contributed by atoms with Crippen LogP contribution in [0.5, 0.6) is 0 Å². The first-order chi connectivity index (χ1) is 9.58. The van der Waals surface area contributed by atoms with E-state index in [4.69, 9.17) is 0 Å². The summed E-state index contributed by atoms with van der Waals surface area (Å²) in [6.45, 7) is 6.00. The van der Waals surface area contributed by atoms with Crippen molar-refractivity contribution in [3.05, 3.63) is 66.5 Å². The second kappa shape index (κ2) is 6.02. The minimum Gasteiger partial charge on any atom is -0.465 e. The van der Waals surface area contributed by atoms with E-state index in [9.17, 15) is 9.90 Å². The molecule has 0 saturated carbocycles. The summed E-state index contributed by atoms with van der Waals surface area (Å²) >= 11 is 0. The minimum absolute atomic E-state index is 0.289. The molecule has 0 atom stereocenters. The maximum absolute atomic E-state index is 11.5. The first kappa shape index (κ1) is 13.8. The molecular weight excluding hydrogens is 252 g/mol. The third-order valence-electron chi connectivity index (χ3n) is 2.94. The van der Waals surface area contributed by atoms with E-state index in [1.165, 1.54) is 4.90 Å². The largest absolute Gasteiger partial charge is 0.465 e. The average Bonchev–Trinajstić information content (AvgIpc) is 2.45. The van der Waals surface area contributed by atoms with Crippen LogP contribution in [0, 0.1) is 0 Å². The highest BCUT2D eigenvalue weighted by molar-refractivity contribution is 5.86. The Kier molecular flexibility index (Phi) is 4.15. The zero-order valence-corrected chi connectivity index (χ0v) is 11.3. The van der Waals surface area contributed by atoms with Crippen molar-refractivity contribution in [1.29, 1.82) is 0 Å². The number of amides is 1. The van der Waals surface area contributed by atoms with Crippen molar-refractivity contribution in [2.24, 2.45) is 0 Å². The van der Waals surface area contributed by atoms with Gasteiger partial charge in [0.15, 0.2) is 0 Å². The van der Waals surface area contributed by atoms with Crippen molar-refractivity contribution in [3.8, 4) is 0 Å². The van der Waals surface area contributed by atoms with Crippen molar-refractivity contribution in [2.45, 2.75) is 13.5 Å².